The number of benzene rings is 2. The highest BCUT2D eigenvalue weighted by Crippen LogP contribution is 2.23. The predicted molar refractivity (Wildman–Crippen MR) is 113 cm³/mol. The second-order valence-electron chi connectivity index (χ2n) is 6.12. The number of amides is 5. The molecule has 2 rings (SSSR count). The van der Waals surface area contributed by atoms with E-state index in [1.54, 1.807) is 31.2 Å². The van der Waals surface area contributed by atoms with Gasteiger partial charge in [-0.1, -0.05) is 18.2 Å². The molecule has 0 aliphatic heterocycles. The topological polar surface area (TPSA) is 164 Å². The Labute approximate surface area is 177 Å². The number of nitrogens with one attached hydrogen (secondary N) is 5. The average Bonchev–Trinajstić information content (AvgIpc) is 2.73. The molecule has 0 spiro atoms. The van der Waals surface area contributed by atoms with Gasteiger partial charge in [0.05, 0.1) is 22.9 Å². The van der Waals surface area contributed by atoms with Crippen LogP contribution < -0.4 is 31.5 Å². The Kier molecular flexibility index (Phi) is 8.13. The number of nitrogens with zero attached hydrogens (tertiary/aromatic N) is 1. The molecule has 0 saturated carbocycles. The van der Waals surface area contributed by atoms with Crippen molar-refractivity contribution < 1.29 is 24.0 Å². The number of hydrogen-bond acceptors (Lipinski definition) is 6. The van der Waals surface area contributed by atoms with E-state index >= 15 is 0 Å². The Bertz CT molecular complexity index is 980. The van der Waals surface area contributed by atoms with Gasteiger partial charge in [-0.15, -0.1) is 0 Å². The summed E-state index contributed by atoms with van der Waals surface area (Å²) in [6.07, 6.45) is 0. The van der Waals surface area contributed by atoms with Gasteiger partial charge >= 0.3 is 12.1 Å². The maximum atomic E-state index is 12.0. The van der Waals surface area contributed by atoms with E-state index in [0.717, 1.165) is 0 Å². The van der Waals surface area contributed by atoms with E-state index in [-0.39, 0.29) is 11.4 Å². The lowest BCUT2D eigenvalue weighted by Crippen LogP contribution is -2.48. The maximum absolute atomic E-state index is 12.0. The quantitative estimate of drug-likeness (QED) is 0.334. The number of carbonyl (C=O) groups excluding carboxylic acids is 3. The summed E-state index contributed by atoms with van der Waals surface area (Å²) in [4.78, 5) is 45.9. The number of non-ortho nitro benzene ring substituents is 1. The number of anilines is 2. The van der Waals surface area contributed by atoms with E-state index in [1.165, 1.54) is 18.2 Å². The molecule has 0 aliphatic carbocycles. The first-order chi connectivity index (χ1) is 14.8. The minimum atomic E-state index is -0.813. The van der Waals surface area contributed by atoms with Crippen LogP contribution in [0.2, 0.25) is 0 Å². The van der Waals surface area contributed by atoms with Gasteiger partial charge < -0.3 is 20.7 Å². The van der Waals surface area contributed by atoms with Crippen molar-refractivity contribution in [2.24, 2.45) is 0 Å². The molecule has 164 valence electrons. The van der Waals surface area contributed by atoms with E-state index in [1.807, 2.05) is 6.92 Å². The molecule has 0 radical (unpaired) electrons. The molecule has 0 atom stereocenters. The number of urea groups is 2. The Balaban J connectivity index is 1.78. The zero-order valence-electron chi connectivity index (χ0n) is 16.9. The molecule has 0 bridgehead atoms. The van der Waals surface area contributed by atoms with Gasteiger partial charge in [0.15, 0.2) is 0 Å². The minimum Gasteiger partial charge on any atom is -0.492 e. The molecule has 0 saturated heterocycles. The number of rotatable bonds is 7. The van der Waals surface area contributed by atoms with Crippen LogP contribution in [0.15, 0.2) is 42.5 Å². The lowest BCUT2D eigenvalue weighted by molar-refractivity contribution is -0.384. The Morgan fingerprint density at radius 1 is 1.00 bits per heavy atom. The molecule has 0 unspecified atom stereocenters. The molecular formula is C19H22N6O6. The van der Waals surface area contributed by atoms with Gasteiger partial charge in [0.2, 0.25) is 0 Å². The maximum Gasteiger partial charge on any atom is 0.337 e. The summed E-state index contributed by atoms with van der Waals surface area (Å²) in [6.45, 7) is 3.47. The van der Waals surface area contributed by atoms with Crippen molar-refractivity contribution >= 4 is 35.0 Å². The van der Waals surface area contributed by atoms with Gasteiger partial charge in [-0.25, -0.2) is 15.0 Å². The molecule has 0 fully saturated rings. The molecule has 0 aromatic heterocycles. The van der Waals surface area contributed by atoms with Crippen LogP contribution in [0.5, 0.6) is 5.75 Å². The standard InChI is InChI=1S/C19H22N6O6/c1-3-31-16-7-5-4-6-14(16)21-18(27)20-11-17(26)23-24-19(28)22-15-10-13(25(29)30)9-8-12(15)2/h4-10H,3,11H2,1-2H3,(H,23,26)(H2,20,21,27)(H2,22,24,28). The monoisotopic (exact) mass is 430 g/mol. The summed E-state index contributed by atoms with van der Waals surface area (Å²) in [5.74, 6) is -0.210. The summed E-state index contributed by atoms with van der Waals surface area (Å²) in [5, 5.41) is 18.1. The van der Waals surface area contributed by atoms with Crippen molar-refractivity contribution in [1.82, 2.24) is 16.2 Å². The number of para-hydroxylation sites is 2. The summed E-state index contributed by atoms with van der Waals surface area (Å²) in [6, 6.07) is 9.35. The molecule has 0 heterocycles. The van der Waals surface area contributed by atoms with Crippen LogP contribution in [0.1, 0.15) is 12.5 Å². The van der Waals surface area contributed by atoms with Crippen LogP contribution in [0.3, 0.4) is 0 Å². The van der Waals surface area contributed by atoms with E-state index in [4.69, 9.17) is 4.74 Å². The van der Waals surface area contributed by atoms with E-state index in [9.17, 15) is 24.5 Å². The minimum absolute atomic E-state index is 0.189. The second kappa shape index (κ2) is 11.0. The summed E-state index contributed by atoms with van der Waals surface area (Å²) in [7, 11) is 0. The highest BCUT2D eigenvalue weighted by molar-refractivity contribution is 5.95. The molecule has 12 heteroatoms. The Hall–Kier alpha value is -4.35. The van der Waals surface area contributed by atoms with Crippen molar-refractivity contribution in [2.45, 2.75) is 13.8 Å². The second-order valence-corrected chi connectivity index (χ2v) is 6.12. The van der Waals surface area contributed by atoms with Crippen LogP contribution in [-0.2, 0) is 4.79 Å². The number of hydrazine groups is 1. The van der Waals surface area contributed by atoms with Crippen LogP contribution in [-0.4, -0.2) is 36.0 Å². The molecular weight excluding hydrogens is 408 g/mol. The third-order valence-electron chi connectivity index (χ3n) is 3.84. The molecule has 5 amide bonds. The first kappa shape index (κ1) is 22.9. The molecule has 0 aliphatic rings. The zero-order chi connectivity index (χ0) is 22.8. The summed E-state index contributed by atoms with van der Waals surface area (Å²) >= 11 is 0. The fourth-order valence-corrected chi connectivity index (χ4v) is 2.36. The van der Waals surface area contributed by atoms with Gasteiger partial charge in [0, 0.05) is 12.1 Å². The SMILES string of the molecule is CCOc1ccccc1NC(=O)NCC(=O)NNC(=O)Nc1cc([N+](=O)[O-])ccc1C. The first-order valence-corrected chi connectivity index (χ1v) is 9.17. The summed E-state index contributed by atoms with van der Waals surface area (Å²) in [5.41, 5.74) is 5.26. The molecule has 2 aromatic rings. The van der Waals surface area contributed by atoms with Crippen LogP contribution in [0, 0.1) is 17.0 Å². The van der Waals surface area contributed by atoms with Crippen molar-refractivity contribution in [3.63, 3.8) is 0 Å². The van der Waals surface area contributed by atoms with Crippen molar-refractivity contribution in [3.8, 4) is 5.75 Å². The number of carbonyl (C=O) groups is 3. The normalized spacial score (nSPS) is 9.87. The van der Waals surface area contributed by atoms with Crippen LogP contribution in [0.4, 0.5) is 26.7 Å². The van der Waals surface area contributed by atoms with Gasteiger partial charge in [-0.3, -0.25) is 20.3 Å². The van der Waals surface area contributed by atoms with Crippen molar-refractivity contribution in [1.29, 1.82) is 0 Å². The van der Waals surface area contributed by atoms with E-state index in [0.29, 0.717) is 23.6 Å². The van der Waals surface area contributed by atoms with Gasteiger partial charge in [-0.2, -0.15) is 0 Å². The Morgan fingerprint density at radius 2 is 1.71 bits per heavy atom. The van der Waals surface area contributed by atoms with Crippen LogP contribution >= 0.6 is 0 Å². The number of nitro benzene ring substituents is 1. The van der Waals surface area contributed by atoms with E-state index in [2.05, 4.69) is 26.8 Å². The van der Waals surface area contributed by atoms with E-state index < -0.39 is 29.4 Å². The molecule has 31 heavy (non-hydrogen) atoms. The highest BCUT2D eigenvalue weighted by Gasteiger charge is 2.12. The number of nitro groups is 1. The number of aryl methyl sites for hydroxylation is 1. The van der Waals surface area contributed by atoms with Gasteiger partial charge in [0.25, 0.3) is 11.6 Å². The highest BCUT2D eigenvalue weighted by atomic mass is 16.6. The third-order valence-corrected chi connectivity index (χ3v) is 3.84. The molecule has 5 N–H and O–H groups in total. The average molecular weight is 430 g/mol. The van der Waals surface area contributed by atoms with Crippen molar-refractivity contribution in [2.75, 3.05) is 23.8 Å². The zero-order valence-corrected chi connectivity index (χ0v) is 16.9. The number of ether oxygens (including phenoxy) is 1. The smallest absolute Gasteiger partial charge is 0.337 e. The summed E-state index contributed by atoms with van der Waals surface area (Å²) < 4.78 is 5.39. The van der Waals surface area contributed by atoms with Crippen molar-refractivity contribution in [3.05, 3.63) is 58.1 Å². The number of hydrogen-bond donors (Lipinski definition) is 5. The Morgan fingerprint density at radius 3 is 2.42 bits per heavy atom. The lowest BCUT2D eigenvalue weighted by Gasteiger charge is -2.13. The largest absolute Gasteiger partial charge is 0.492 e. The molecule has 12 nitrogen and oxygen atoms in total. The third kappa shape index (κ3) is 7.20. The van der Waals surface area contributed by atoms with Gasteiger partial charge in [0.1, 0.15) is 12.3 Å². The fourth-order valence-electron chi connectivity index (χ4n) is 2.36. The molecule has 2 aromatic carbocycles. The first-order valence-electron chi connectivity index (χ1n) is 9.17. The van der Waals surface area contributed by atoms with Gasteiger partial charge in [-0.05, 0) is 31.5 Å². The lowest BCUT2D eigenvalue weighted by atomic mass is 10.2. The predicted octanol–water partition coefficient (Wildman–Crippen LogP) is 2.28. The van der Waals surface area contributed by atoms with Crippen LogP contribution in [0.25, 0.3) is 0 Å². The fraction of sp³-hybridized carbons (Fsp3) is 0.211.